The number of nitrogens with one attached hydrogen (secondary N) is 2. The zero-order chi connectivity index (χ0) is 19.2. The molecule has 2 aliphatic rings. The van der Waals surface area contributed by atoms with Gasteiger partial charge in [0.25, 0.3) is 0 Å². The molecule has 2 fully saturated rings. The van der Waals surface area contributed by atoms with E-state index in [1.165, 1.54) is 11.1 Å². The molecular weight excluding hydrogens is 342 g/mol. The minimum Gasteiger partial charge on any atom is -0.492 e. The van der Waals surface area contributed by atoms with Gasteiger partial charge >= 0.3 is 0 Å². The number of benzene rings is 1. The second-order valence-electron chi connectivity index (χ2n) is 7.71. The van der Waals surface area contributed by atoms with E-state index in [4.69, 9.17) is 4.74 Å². The Morgan fingerprint density at radius 2 is 1.89 bits per heavy atom. The van der Waals surface area contributed by atoms with Crippen molar-refractivity contribution in [3.63, 3.8) is 0 Å². The van der Waals surface area contributed by atoms with Gasteiger partial charge in [-0.1, -0.05) is 6.07 Å². The maximum atomic E-state index is 12.6. The van der Waals surface area contributed by atoms with E-state index in [0.717, 1.165) is 31.7 Å². The highest BCUT2D eigenvalue weighted by Crippen LogP contribution is 2.21. The molecule has 1 aromatic rings. The van der Waals surface area contributed by atoms with Gasteiger partial charge in [-0.15, -0.1) is 0 Å². The zero-order valence-electron chi connectivity index (χ0n) is 16.4. The third-order valence-corrected chi connectivity index (χ3v) is 5.64. The first kappa shape index (κ1) is 19.7. The highest BCUT2D eigenvalue weighted by molar-refractivity contribution is 5.83. The van der Waals surface area contributed by atoms with Gasteiger partial charge in [0.05, 0.1) is 18.4 Å². The third-order valence-electron chi connectivity index (χ3n) is 5.64. The van der Waals surface area contributed by atoms with Crippen LogP contribution in [0.3, 0.4) is 0 Å². The monoisotopic (exact) mass is 373 g/mol. The van der Waals surface area contributed by atoms with Gasteiger partial charge in [0.1, 0.15) is 12.4 Å². The number of aryl methyl sites for hydroxylation is 2. The molecule has 2 N–H and O–H groups in total. The molecule has 2 aliphatic heterocycles. The van der Waals surface area contributed by atoms with Crippen LogP contribution in [-0.2, 0) is 9.59 Å². The van der Waals surface area contributed by atoms with Crippen molar-refractivity contribution in [1.82, 2.24) is 15.5 Å². The lowest BCUT2D eigenvalue weighted by Gasteiger charge is -2.31. The molecule has 2 atom stereocenters. The number of ether oxygens (including phenoxy) is 1. The van der Waals surface area contributed by atoms with Crippen molar-refractivity contribution in [2.45, 2.75) is 33.1 Å². The zero-order valence-corrected chi connectivity index (χ0v) is 16.4. The normalized spacial score (nSPS) is 22.5. The Morgan fingerprint density at radius 1 is 1.15 bits per heavy atom. The number of nitrogens with zero attached hydrogens (tertiary/aromatic N) is 1. The quantitative estimate of drug-likeness (QED) is 0.744. The Hall–Kier alpha value is -2.08. The fourth-order valence-electron chi connectivity index (χ4n) is 3.82. The number of amides is 2. The topological polar surface area (TPSA) is 70.7 Å². The number of piperidine rings is 1. The molecule has 2 saturated heterocycles. The van der Waals surface area contributed by atoms with Crippen LogP contribution in [0.2, 0.25) is 0 Å². The summed E-state index contributed by atoms with van der Waals surface area (Å²) in [5.41, 5.74) is 2.43. The van der Waals surface area contributed by atoms with Crippen molar-refractivity contribution in [2.75, 3.05) is 39.3 Å². The van der Waals surface area contributed by atoms with Crippen molar-refractivity contribution < 1.29 is 14.3 Å². The predicted octanol–water partition coefficient (Wildman–Crippen LogP) is 1.65. The molecule has 6 heteroatoms. The Kier molecular flexibility index (Phi) is 6.72. The standard InChI is InChI=1S/C21H31N3O3/c1-15-5-6-19(11-16(15)2)27-10-7-23-20(25)17-12-18(14-22-13-17)21(26)24-8-3-4-9-24/h5-6,11,17-18,22H,3-4,7-10,12-14H2,1-2H3,(H,23,25)/t17-,18-/m0/s1. The maximum absolute atomic E-state index is 12.6. The second-order valence-corrected chi connectivity index (χ2v) is 7.71. The van der Waals surface area contributed by atoms with Crippen molar-refractivity contribution in [3.05, 3.63) is 29.3 Å². The number of carbonyl (C=O) groups excluding carboxylic acids is 2. The first-order valence-electron chi connectivity index (χ1n) is 10.0. The maximum Gasteiger partial charge on any atom is 0.226 e. The van der Waals surface area contributed by atoms with Gasteiger partial charge in [-0.05, 0) is 56.4 Å². The van der Waals surface area contributed by atoms with E-state index < -0.39 is 0 Å². The fraction of sp³-hybridized carbons (Fsp3) is 0.619. The first-order chi connectivity index (χ1) is 13.0. The third kappa shape index (κ3) is 5.22. The molecule has 0 unspecified atom stereocenters. The van der Waals surface area contributed by atoms with E-state index in [2.05, 4.69) is 24.5 Å². The van der Waals surface area contributed by atoms with Gasteiger partial charge < -0.3 is 20.3 Å². The summed E-state index contributed by atoms with van der Waals surface area (Å²) in [4.78, 5) is 27.0. The van der Waals surface area contributed by atoms with Crippen molar-refractivity contribution in [2.24, 2.45) is 11.8 Å². The van der Waals surface area contributed by atoms with Crippen molar-refractivity contribution in [1.29, 1.82) is 0 Å². The average Bonchev–Trinajstić information content (AvgIpc) is 3.22. The van der Waals surface area contributed by atoms with E-state index in [0.29, 0.717) is 32.7 Å². The lowest BCUT2D eigenvalue weighted by molar-refractivity contribution is -0.136. The summed E-state index contributed by atoms with van der Waals surface area (Å²) in [5.74, 6) is 0.792. The molecule has 0 bridgehead atoms. The molecule has 6 nitrogen and oxygen atoms in total. The summed E-state index contributed by atoms with van der Waals surface area (Å²) in [7, 11) is 0. The van der Waals surface area contributed by atoms with Gasteiger partial charge in [-0.2, -0.15) is 0 Å². The largest absolute Gasteiger partial charge is 0.492 e. The van der Waals surface area contributed by atoms with Crippen LogP contribution in [0.25, 0.3) is 0 Å². The molecular formula is C21H31N3O3. The van der Waals surface area contributed by atoms with Gasteiger partial charge in [0, 0.05) is 26.2 Å². The number of rotatable bonds is 6. The molecule has 2 heterocycles. The highest BCUT2D eigenvalue weighted by Gasteiger charge is 2.33. The minimum absolute atomic E-state index is 0.00473. The molecule has 0 aliphatic carbocycles. The van der Waals surface area contributed by atoms with Crippen LogP contribution in [0, 0.1) is 25.7 Å². The molecule has 148 valence electrons. The summed E-state index contributed by atoms with van der Waals surface area (Å²) < 4.78 is 5.72. The summed E-state index contributed by atoms with van der Waals surface area (Å²) in [5, 5.41) is 6.21. The van der Waals surface area contributed by atoms with E-state index in [-0.39, 0.29) is 23.7 Å². The van der Waals surface area contributed by atoms with Crippen LogP contribution in [0.1, 0.15) is 30.4 Å². The van der Waals surface area contributed by atoms with Crippen LogP contribution in [0.5, 0.6) is 5.75 Å². The first-order valence-corrected chi connectivity index (χ1v) is 10.0. The molecule has 1 aromatic carbocycles. The summed E-state index contributed by atoms with van der Waals surface area (Å²) >= 11 is 0. The van der Waals surface area contributed by atoms with Crippen molar-refractivity contribution in [3.8, 4) is 5.75 Å². The molecule has 0 radical (unpaired) electrons. The number of carbonyl (C=O) groups is 2. The van der Waals surface area contributed by atoms with E-state index in [1.807, 2.05) is 23.1 Å². The van der Waals surface area contributed by atoms with Crippen molar-refractivity contribution >= 4 is 11.8 Å². The number of likely N-dealkylation sites (tertiary alicyclic amines) is 1. The number of hydrogen-bond acceptors (Lipinski definition) is 4. The fourth-order valence-corrected chi connectivity index (χ4v) is 3.82. The summed E-state index contributed by atoms with van der Waals surface area (Å²) in [6.45, 7) is 8.06. The van der Waals surface area contributed by atoms with Crippen LogP contribution in [-0.4, -0.2) is 56.0 Å². The molecule has 0 spiro atoms. The SMILES string of the molecule is Cc1ccc(OCCNC(=O)[C@@H]2CNC[C@@H](C(=O)N3CCCC3)C2)cc1C. The minimum atomic E-state index is -0.156. The van der Waals surface area contributed by atoms with Crippen LogP contribution >= 0.6 is 0 Å². The smallest absolute Gasteiger partial charge is 0.226 e. The van der Waals surface area contributed by atoms with Gasteiger partial charge in [0.15, 0.2) is 0 Å². The molecule has 0 saturated carbocycles. The molecule has 27 heavy (non-hydrogen) atoms. The average molecular weight is 373 g/mol. The Morgan fingerprint density at radius 3 is 2.63 bits per heavy atom. The molecule has 0 aromatic heterocycles. The van der Waals surface area contributed by atoms with Gasteiger partial charge in [0.2, 0.25) is 11.8 Å². The Bertz CT molecular complexity index is 671. The van der Waals surface area contributed by atoms with Crippen LogP contribution < -0.4 is 15.4 Å². The molecule has 2 amide bonds. The lowest BCUT2D eigenvalue weighted by atomic mass is 9.89. The Labute approximate surface area is 161 Å². The highest BCUT2D eigenvalue weighted by atomic mass is 16.5. The predicted molar refractivity (Wildman–Crippen MR) is 105 cm³/mol. The van der Waals surface area contributed by atoms with E-state index in [1.54, 1.807) is 0 Å². The summed E-state index contributed by atoms with van der Waals surface area (Å²) in [6, 6.07) is 6.00. The van der Waals surface area contributed by atoms with E-state index >= 15 is 0 Å². The van der Waals surface area contributed by atoms with Gasteiger partial charge in [-0.3, -0.25) is 9.59 Å². The molecule has 3 rings (SSSR count). The summed E-state index contributed by atoms with van der Waals surface area (Å²) in [6.07, 6.45) is 2.82. The van der Waals surface area contributed by atoms with Crippen LogP contribution in [0.4, 0.5) is 0 Å². The Balaban J connectivity index is 1.40. The van der Waals surface area contributed by atoms with Crippen LogP contribution in [0.15, 0.2) is 18.2 Å². The number of hydrogen-bond donors (Lipinski definition) is 2. The van der Waals surface area contributed by atoms with E-state index in [9.17, 15) is 9.59 Å². The second kappa shape index (κ2) is 9.22. The lowest BCUT2D eigenvalue weighted by Crippen LogP contribution is -2.49. The van der Waals surface area contributed by atoms with Gasteiger partial charge in [-0.25, -0.2) is 0 Å².